The van der Waals surface area contributed by atoms with Crippen molar-refractivity contribution in [1.82, 2.24) is 9.62 Å². The van der Waals surface area contributed by atoms with E-state index in [1.165, 1.54) is 10.4 Å². The predicted octanol–water partition coefficient (Wildman–Crippen LogP) is 1.64. The minimum atomic E-state index is -3.53. The van der Waals surface area contributed by atoms with Crippen molar-refractivity contribution >= 4 is 22.0 Å². The highest BCUT2D eigenvalue weighted by atomic mass is 32.2. The molecule has 9 nitrogen and oxygen atoms in total. The molecule has 4 rings (SSSR count). The number of hydrogen-bond acceptors (Lipinski definition) is 7. The van der Waals surface area contributed by atoms with Crippen LogP contribution in [0, 0.1) is 0 Å². The largest absolute Gasteiger partial charge is 0.492 e. The molecule has 1 amide bonds. The monoisotopic (exact) mass is 460 g/mol. The molecule has 0 aliphatic carbocycles. The van der Waals surface area contributed by atoms with Crippen LogP contribution in [0.15, 0.2) is 53.4 Å². The van der Waals surface area contributed by atoms with E-state index in [0.29, 0.717) is 56.7 Å². The first kappa shape index (κ1) is 22.1. The smallest absolute Gasteiger partial charge is 0.244 e. The molecule has 0 bridgehead atoms. The van der Waals surface area contributed by atoms with Gasteiger partial charge in [0.2, 0.25) is 22.7 Å². The number of hydrogen-bond donors (Lipinski definition) is 1. The van der Waals surface area contributed by atoms with Gasteiger partial charge >= 0.3 is 0 Å². The van der Waals surface area contributed by atoms with Crippen LogP contribution in [0.2, 0.25) is 0 Å². The van der Waals surface area contributed by atoms with E-state index < -0.39 is 10.0 Å². The number of amides is 1. The Balaban J connectivity index is 1.23. The fraction of sp³-hybridized carbons (Fsp3) is 0.318. The quantitative estimate of drug-likeness (QED) is 0.472. The first-order chi connectivity index (χ1) is 15.5. The molecule has 0 atom stereocenters. The maximum atomic E-state index is 12.6. The summed E-state index contributed by atoms with van der Waals surface area (Å²) in [6.07, 6.45) is 3.02. The van der Waals surface area contributed by atoms with Crippen LogP contribution in [-0.2, 0) is 19.6 Å². The highest BCUT2D eigenvalue weighted by molar-refractivity contribution is 7.89. The van der Waals surface area contributed by atoms with E-state index in [-0.39, 0.29) is 17.6 Å². The van der Waals surface area contributed by atoms with Crippen LogP contribution in [0.5, 0.6) is 17.2 Å². The number of fused-ring (bicyclic) bond motifs is 1. The summed E-state index contributed by atoms with van der Waals surface area (Å²) >= 11 is 0. The van der Waals surface area contributed by atoms with Crippen molar-refractivity contribution in [2.24, 2.45) is 0 Å². The molecule has 1 saturated heterocycles. The third-order valence-corrected chi connectivity index (χ3v) is 6.84. The summed E-state index contributed by atoms with van der Waals surface area (Å²) in [6.45, 7) is 2.33. The normalized spacial score (nSPS) is 16.2. The second kappa shape index (κ2) is 10.0. The number of carbonyl (C=O) groups excluding carboxylic acids is 1. The van der Waals surface area contributed by atoms with Gasteiger partial charge < -0.3 is 24.3 Å². The Bertz CT molecular complexity index is 1080. The Hall–Kier alpha value is -3.08. The number of nitrogens with zero attached hydrogens (tertiary/aromatic N) is 1. The van der Waals surface area contributed by atoms with E-state index >= 15 is 0 Å². The summed E-state index contributed by atoms with van der Waals surface area (Å²) in [5, 5.41) is 2.73. The van der Waals surface area contributed by atoms with Gasteiger partial charge in [-0.2, -0.15) is 4.31 Å². The van der Waals surface area contributed by atoms with E-state index in [4.69, 9.17) is 18.9 Å². The van der Waals surface area contributed by atoms with Crippen molar-refractivity contribution in [2.45, 2.75) is 4.90 Å². The summed E-state index contributed by atoms with van der Waals surface area (Å²) in [4.78, 5) is 12.2. The zero-order valence-electron chi connectivity index (χ0n) is 17.4. The lowest BCUT2D eigenvalue weighted by atomic mass is 10.2. The number of benzene rings is 2. The molecule has 2 heterocycles. The number of sulfonamides is 1. The first-order valence-electron chi connectivity index (χ1n) is 10.2. The van der Waals surface area contributed by atoms with Crippen LogP contribution < -0.4 is 19.5 Å². The minimum absolute atomic E-state index is 0.202. The van der Waals surface area contributed by atoms with Crippen molar-refractivity contribution in [3.63, 3.8) is 0 Å². The molecule has 0 aromatic heterocycles. The van der Waals surface area contributed by atoms with Gasteiger partial charge in [-0.25, -0.2) is 8.42 Å². The van der Waals surface area contributed by atoms with Crippen molar-refractivity contribution in [3.05, 3.63) is 54.1 Å². The molecule has 1 N–H and O–H groups in total. The molecule has 1 fully saturated rings. The standard InChI is InChI=1S/C22H24N2O7S/c25-22(23-9-12-29-18-4-7-20-21(15-18)31-16-30-20)8-3-17-1-5-19(6-2-17)32(26,27)24-10-13-28-14-11-24/h1-8,15H,9-14,16H2,(H,23,25). The molecule has 0 spiro atoms. The third-order valence-electron chi connectivity index (χ3n) is 4.93. The average Bonchev–Trinajstić information content (AvgIpc) is 3.29. The second-order valence-electron chi connectivity index (χ2n) is 7.07. The maximum Gasteiger partial charge on any atom is 0.244 e. The van der Waals surface area contributed by atoms with Crippen molar-refractivity contribution in [1.29, 1.82) is 0 Å². The SMILES string of the molecule is O=C(C=Cc1ccc(S(=O)(=O)N2CCOCC2)cc1)NCCOc1ccc2c(c1)OCO2. The Kier molecular flexibility index (Phi) is 6.93. The van der Waals surface area contributed by atoms with Crippen molar-refractivity contribution in [3.8, 4) is 17.2 Å². The van der Waals surface area contributed by atoms with Gasteiger partial charge in [0.25, 0.3) is 0 Å². The van der Waals surface area contributed by atoms with E-state index in [1.54, 1.807) is 48.5 Å². The second-order valence-corrected chi connectivity index (χ2v) is 9.01. The lowest BCUT2D eigenvalue weighted by Crippen LogP contribution is -2.40. The number of nitrogens with one attached hydrogen (secondary N) is 1. The fourth-order valence-electron chi connectivity index (χ4n) is 3.23. The average molecular weight is 461 g/mol. The van der Waals surface area contributed by atoms with Gasteiger partial charge in [-0.15, -0.1) is 0 Å². The maximum absolute atomic E-state index is 12.6. The zero-order valence-corrected chi connectivity index (χ0v) is 18.2. The Morgan fingerprint density at radius 2 is 1.81 bits per heavy atom. The molecule has 2 aliphatic rings. The van der Waals surface area contributed by atoms with Gasteiger partial charge in [0.15, 0.2) is 11.5 Å². The molecule has 0 radical (unpaired) electrons. The molecule has 2 aliphatic heterocycles. The molecule has 10 heteroatoms. The predicted molar refractivity (Wildman–Crippen MR) is 116 cm³/mol. The molecular formula is C22H24N2O7S. The van der Waals surface area contributed by atoms with Gasteiger partial charge in [0.05, 0.1) is 24.7 Å². The minimum Gasteiger partial charge on any atom is -0.492 e. The van der Waals surface area contributed by atoms with Gasteiger partial charge in [-0.3, -0.25) is 4.79 Å². The van der Waals surface area contributed by atoms with Gasteiger partial charge in [-0.1, -0.05) is 12.1 Å². The van der Waals surface area contributed by atoms with Crippen LogP contribution in [0.3, 0.4) is 0 Å². The third kappa shape index (κ3) is 5.39. The van der Waals surface area contributed by atoms with Crippen LogP contribution in [0.4, 0.5) is 0 Å². The van der Waals surface area contributed by atoms with Crippen LogP contribution >= 0.6 is 0 Å². The number of rotatable bonds is 8. The summed E-state index contributed by atoms with van der Waals surface area (Å²) in [6, 6.07) is 11.7. The van der Waals surface area contributed by atoms with Gasteiger partial charge in [-0.05, 0) is 35.9 Å². The van der Waals surface area contributed by atoms with E-state index in [1.807, 2.05) is 0 Å². The Morgan fingerprint density at radius 1 is 1.06 bits per heavy atom. The molecule has 32 heavy (non-hydrogen) atoms. The number of ether oxygens (including phenoxy) is 4. The summed E-state index contributed by atoms with van der Waals surface area (Å²) in [7, 11) is -3.53. The Labute approximate surface area is 186 Å². The first-order valence-corrected chi connectivity index (χ1v) is 11.6. The molecule has 2 aromatic carbocycles. The number of carbonyl (C=O) groups is 1. The zero-order chi connectivity index (χ0) is 22.4. The fourth-order valence-corrected chi connectivity index (χ4v) is 4.64. The van der Waals surface area contributed by atoms with Crippen LogP contribution in [0.1, 0.15) is 5.56 Å². The van der Waals surface area contributed by atoms with E-state index in [2.05, 4.69) is 5.32 Å². The molecule has 170 valence electrons. The van der Waals surface area contributed by atoms with E-state index in [9.17, 15) is 13.2 Å². The molecule has 0 saturated carbocycles. The van der Waals surface area contributed by atoms with Crippen molar-refractivity contribution in [2.75, 3.05) is 46.2 Å². The topological polar surface area (TPSA) is 103 Å². The Morgan fingerprint density at radius 3 is 2.59 bits per heavy atom. The van der Waals surface area contributed by atoms with Gasteiger partial charge in [0, 0.05) is 25.2 Å². The highest BCUT2D eigenvalue weighted by Crippen LogP contribution is 2.35. The molecule has 2 aromatic rings. The van der Waals surface area contributed by atoms with Crippen LogP contribution in [-0.4, -0.2) is 64.9 Å². The molecular weight excluding hydrogens is 436 g/mol. The van der Waals surface area contributed by atoms with Crippen molar-refractivity contribution < 1.29 is 32.2 Å². The lowest BCUT2D eigenvalue weighted by molar-refractivity contribution is -0.116. The van der Waals surface area contributed by atoms with Gasteiger partial charge in [0.1, 0.15) is 12.4 Å². The van der Waals surface area contributed by atoms with E-state index in [0.717, 1.165) is 5.56 Å². The molecule has 0 unspecified atom stereocenters. The summed E-state index contributed by atoms with van der Waals surface area (Å²) in [5.74, 6) is 1.68. The summed E-state index contributed by atoms with van der Waals surface area (Å²) < 4.78 is 48.0. The van der Waals surface area contributed by atoms with Crippen LogP contribution in [0.25, 0.3) is 6.08 Å². The lowest BCUT2D eigenvalue weighted by Gasteiger charge is -2.26. The highest BCUT2D eigenvalue weighted by Gasteiger charge is 2.25. The summed E-state index contributed by atoms with van der Waals surface area (Å²) in [5.41, 5.74) is 0.720. The number of morpholine rings is 1.